The first kappa shape index (κ1) is 19.8. The van der Waals surface area contributed by atoms with Crippen LogP contribution in [0.1, 0.15) is 46.8 Å². The number of aliphatic hydroxyl groups excluding tert-OH is 1. The maximum absolute atomic E-state index is 14.3. The van der Waals surface area contributed by atoms with Crippen LogP contribution in [-0.4, -0.2) is 43.8 Å². The Balaban J connectivity index is 1.38. The van der Waals surface area contributed by atoms with Crippen LogP contribution in [0.2, 0.25) is 0 Å². The van der Waals surface area contributed by atoms with Gasteiger partial charge in [-0.05, 0) is 56.0 Å². The summed E-state index contributed by atoms with van der Waals surface area (Å²) in [6.07, 6.45) is 5.01. The number of aromatic nitrogens is 3. The van der Waals surface area contributed by atoms with Crippen molar-refractivity contribution >= 4 is 17.5 Å². The molecule has 3 N–H and O–H groups in total. The maximum Gasteiger partial charge on any atom is 0.291 e. The Hall–Kier alpha value is -3.53. The molecule has 1 aromatic carbocycles. The Kier molecular flexibility index (Phi) is 5.57. The van der Waals surface area contributed by atoms with Crippen LogP contribution in [0.4, 0.5) is 10.1 Å². The van der Waals surface area contributed by atoms with Gasteiger partial charge in [-0.15, -0.1) is 0 Å². The number of nitrogens with zero attached hydrogens (tertiary/aromatic N) is 3. The number of hydrogen-bond acceptors (Lipinski definition) is 6. The van der Waals surface area contributed by atoms with Crippen LogP contribution in [0.5, 0.6) is 0 Å². The van der Waals surface area contributed by atoms with E-state index in [1.807, 2.05) is 0 Å². The molecule has 2 aromatic heterocycles. The van der Waals surface area contributed by atoms with Crippen LogP contribution in [0.25, 0.3) is 5.69 Å². The molecule has 1 aliphatic carbocycles. The lowest BCUT2D eigenvalue weighted by Crippen LogP contribution is -2.38. The molecule has 156 valence electrons. The molecule has 2 heterocycles. The molecule has 0 atom stereocenters. The average Bonchev–Trinajstić information content (AvgIpc) is 3.42. The molecule has 1 fully saturated rings. The van der Waals surface area contributed by atoms with Crippen molar-refractivity contribution in [2.24, 2.45) is 0 Å². The predicted molar refractivity (Wildman–Crippen MR) is 104 cm³/mol. The first-order chi connectivity index (χ1) is 14.5. The second kappa shape index (κ2) is 8.46. The van der Waals surface area contributed by atoms with Crippen LogP contribution in [-0.2, 0) is 0 Å². The van der Waals surface area contributed by atoms with E-state index in [2.05, 4.69) is 20.7 Å². The summed E-state index contributed by atoms with van der Waals surface area (Å²) >= 11 is 0. The zero-order valence-corrected chi connectivity index (χ0v) is 15.9. The van der Waals surface area contributed by atoms with Crippen molar-refractivity contribution < 1.29 is 23.5 Å². The van der Waals surface area contributed by atoms with Crippen LogP contribution >= 0.6 is 0 Å². The lowest BCUT2D eigenvalue weighted by molar-refractivity contribution is 0.0839. The zero-order chi connectivity index (χ0) is 21.1. The lowest BCUT2D eigenvalue weighted by atomic mass is 9.93. The van der Waals surface area contributed by atoms with Crippen molar-refractivity contribution in [3.8, 4) is 5.69 Å². The summed E-state index contributed by atoms with van der Waals surface area (Å²) in [7, 11) is 0. The van der Waals surface area contributed by atoms with Gasteiger partial charge in [-0.2, -0.15) is 5.10 Å². The Morgan fingerprint density at radius 3 is 2.50 bits per heavy atom. The number of carbonyl (C=O) groups is 2. The fourth-order valence-corrected chi connectivity index (χ4v) is 3.35. The third kappa shape index (κ3) is 4.38. The topological polar surface area (TPSA) is 122 Å². The minimum Gasteiger partial charge on any atom is -0.446 e. The van der Waals surface area contributed by atoms with Crippen LogP contribution in [0.3, 0.4) is 0 Å². The van der Waals surface area contributed by atoms with E-state index in [1.54, 1.807) is 0 Å². The molecule has 4 rings (SSSR count). The molecule has 0 aliphatic heterocycles. The number of carbonyl (C=O) groups excluding carboxylic acids is 2. The van der Waals surface area contributed by atoms with E-state index >= 15 is 0 Å². The molecular weight excluding hydrogens is 393 g/mol. The van der Waals surface area contributed by atoms with Crippen LogP contribution in [0, 0.1) is 5.82 Å². The largest absolute Gasteiger partial charge is 0.446 e. The van der Waals surface area contributed by atoms with E-state index < -0.39 is 17.6 Å². The smallest absolute Gasteiger partial charge is 0.291 e. The summed E-state index contributed by atoms with van der Waals surface area (Å²) in [5.41, 5.74) is 0.419. The van der Waals surface area contributed by atoms with E-state index in [0.717, 1.165) is 6.07 Å². The number of aliphatic hydroxyl groups is 1. The molecule has 0 unspecified atom stereocenters. The van der Waals surface area contributed by atoms with Crippen LogP contribution < -0.4 is 10.6 Å². The second-order valence-corrected chi connectivity index (χ2v) is 7.10. The molecule has 1 aliphatic rings. The fraction of sp³-hybridized carbons (Fsp3) is 0.300. The van der Waals surface area contributed by atoms with Gasteiger partial charge in [-0.3, -0.25) is 9.59 Å². The van der Waals surface area contributed by atoms with Gasteiger partial charge in [0.15, 0.2) is 17.3 Å². The summed E-state index contributed by atoms with van der Waals surface area (Å²) in [5.74, 6) is -1.67. The van der Waals surface area contributed by atoms with Gasteiger partial charge in [-0.1, -0.05) is 0 Å². The third-order valence-corrected chi connectivity index (χ3v) is 4.96. The molecule has 9 nitrogen and oxygen atoms in total. The van der Waals surface area contributed by atoms with Crippen molar-refractivity contribution in [1.29, 1.82) is 0 Å². The molecule has 1 saturated carbocycles. The molecule has 2 amide bonds. The number of furan rings is 1. The molecule has 0 radical (unpaired) electrons. The van der Waals surface area contributed by atoms with Crippen molar-refractivity contribution in [3.05, 3.63) is 60.3 Å². The lowest BCUT2D eigenvalue weighted by Gasteiger charge is -2.25. The van der Waals surface area contributed by atoms with Gasteiger partial charge in [0.1, 0.15) is 18.3 Å². The molecule has 0 bridgehead atoms. The Labute approximate surface area is 170 Å². The van der Waals surface area contributed by atoms with E-state index in [0.29, 0.717) is 25.7 Å². The van der Waals surface area contributed by atoms with E-state index in [-0.39, 0.29) is 35.0 Å². The molecule has 10 heteroatoms. The molecule has 0 saturated heterocycles. The van der Waals surface area contributed by atoms with Crippen molar-refractivity contribution in [2.75, 3.05) is 5.32 Å². The predicted octanol–water partition coefficient (Wildman–Crippen LogP) is 2.29. The van der Waals surface area contributed by atoms with Gasteiger partial charge >= 0.3 is 0 Å². The van der Waals surface area contributed by atoms with Crippen molar-refractivity contribution in [1.82, 2.24) is 20.1 Å². The van der Waals surface area contributed by atoms with Gasteiger partial charge in [0.25, 0.3) is 11.8 Å². The summed E-state index contributed by atoms with van der Waals surface area (Å²) < 4.78 is 20.9. The molecular formula is C20H20FN5O4. The summed E-state index contributed by atoms with van der Waals surface area (Å²) in [6, 6.07) is 6.90. The number of hydrogen-bond donors (Lipinski definition) is 3. The van der Waals surface area contributed by atoms with Crippen molar-refractivity contribution in [3.63, 3.8) is 0 Å². The minimum absolute atomic E-state index is 0.0129. The third-order valence-electron chi connectivity index (χ3n) is 4.96. The van der Waals surface area contributed by atoms with Gasteiger partial charge in [0.05, 0.1) is 6.10 Å². The average molecular weight is 413 g/mol. The highest BCUT2D eigenvalue weighted by molar-refractivity contribution is 6.03. The highest BCUT2D eigenvalue weighted by Gasteiger charge is 2.23. The fourth-order valence-electron chi connectivity index (χ4n) is 3.35. The summed E-state index contributed by atoms with van der Waals surface area (Å²) in [5, 5.41) is 18.8. The minimum atomic E-state index is -0.609. The van der Waals surface area contributed by atoms with Gasteiger partial charge in [0.2, 0.25) is 0 Å². The number of nitrogens with one attached hydrogen (secondary N) is 2. The van der Waals surface area contributed by atoms with E-state index in [1.165, 1.54) is 41.6 Å². The number of rotatable bonds is 5. The van der Waals surface area contributed by atoms with Crippen LogP contribution in [0.15, 0.2) is 47.4 Å². The first-order valence-corrected chi connectivity index (χ1v) is 9.54. The maximum atomic E-state index is 14.3. The van der Waals surface area contributed by atoms with Crippen molar-refractivity contribution in [2.45, 2.75) is 37.8 Å². The number of halogens is 1. The van der Waals surface area contributed by atoms with Gasteiger partial charge < -0.3 is 20.2 Å². The summed E-state index contributed by atoms with van der Waals surface area (Å²) in [6.45, 7) is 0. The number of benzene rings is 1. The first-order valence-electron chi connectivity index (χ1n) is 9.54. The quantitative estimate of drug-likeness (QED) is 0.590. The standard InChI is InChI=1S/C20H20FN5O4/c21-15-9-13(3-6-16(15)26-11-22-10-23-26)25-20(29)18-8-7-17(30-18)19(28)24-12-1-4-14(27)5-2-12/h3,6-12,14,27H,1-2,4-5H2,(H,24,28)(H,25,29)/t12-,14-. The second-order valence-electron chi connectivity index (χ2n) is 7.10. The molecule has 30 heavy (non-hydrogen) atoms. The summed E-state index contributed by atoms with van der Waals surface area (Å²) in [4.78, 5) is 28.5. The van der Waals surface area contributed by atoms with E-state index in [9.17, 15) is 19.1 Å². The highest BCUT2D eigenvalue weighted by atomic mass is 19.1. The Bertz CT molecular complexity index is 1040. The Morgan fingerprint density at radius 1 is 1.10 bits per heavy atom. The molecule has 0 spiro atoms. The molecule has 3 aromatic rings. The highest BCUT2D eigenvalue weighted by Crippen LogP contribution is 2.20. The van der Waals surface area contributed by atoms with Gasteiger partial charge in [-0.25, -0.2) is 14.1 Å². The van der Waals surface area contributed by atoms with E-state index in [4.69, 9.17) is 4.42 Å². The van der Waals surface area contributed by atoms with Gasteiger partial charge in [0, 0.05) is 11.7 Å². The SMILES string of the molecule is O=C(Nc1ccc(-n2cncn2)c(F)c1)c1ccc(C(=O)N[C@H]2CC[C@H](O)CC2)o1. The number of amides is 2. The normalized spacial score (nSPS) is 18.7. The monoisotopic (exact) mass is 413 g/mol. The Morgan fingerprint density at radius 2 is 1.83 bits per heavy atom. The zero-order valence-electron chi connectivity index (χ0n) is 15.9. The number of anilines is 1.